The Kier molecular flexibility index (Phi) is 7.88. The predicted molar refractivity (Wildman–Crippen MR) is 45.3 cm³/mol. The van der Waals surface area contributed by atoms with Gasteiger partial charge in [-0.15, -0.1) is 11.8 Å². The van der Waals surface area contributed by atoms with Gasteiger partial charge >= 0.3 is 0 Å². The van der Waals surface area contributed by atoms with Gasteiger partial charge in [0, 0.05) is 32.7 Å². The van der Waals surface area contributed by atoms with E-state index in [2.05, 4.69) is 0 Å². The molecule has 11 heavy (non-hydrogen) atoms. The van der Waals surface area contributed by atoms with Crippen LogP contribution in [0.25, 0.3) is 0 Å². The number of hydrogen-bond donors (Lipinski definition) is 0. The molecule has 0 aliphatic rings. The van der Waals surface area contributed by atoms with Crippen molar-refractivity contribution in [1.82, 2.24) is 0 Å². The first-order chi connectivity index (χ1) is 4.46. The summed E-state index contributed by atoms with van der Waals surface area (Å²) in [5, 5.41) is 0. The van der Waals surface area contributed by atoms with Crippen LogP contribution in [0, 0.1) is 25.0 Å². The molecule has 0 heterocycles. The van der Waals surface area contributed by atoms with Gasteiger partial charge in [-0.2, -0.15) is 0 Å². The summed E-state index contributed by atoms with van der Waals surface area (Å²) >= 11 is 0. The predicted octanol–water partition coefficient (Wildman–Crippen LogP) is 3.01. The molecule has 61 valence electrons. The average Bonchev–Trinajstić information content (AvgIpc) is 1.84. The van der Waals surface area contributed by atoms with Gasteiger partial charge in [0.2, 0.25) is 0 Å². The van der Waals surface area contributed by atoms with Gasteiger partial charge in [-0.1, -0.05) is 27.7 Å². The van der Waals surface area contributed by atoms with Gasteiger partial charge in [-0.25, -0.2) is 0 Å². The van der Waals surface area contributed by atoms with Crippen LogP contribution in [-0.4, -0.2) is 0 Å². The first-order valence-electron chi connectivity index (χ1n) is 3.71. The molecule has 0 saturated carbocycles. The van der Waals surface area contributed by atoms with Crippen molar-refractivity contribution in [1.29, 1.82) is 0 Å². The molecule has 0 aliphatic heterocycles. The van der Waals surface area contributed by atoms with E-state index >= 15 is 0 Å². The van der Waals surface area contributed by atoms with Crippen molar-refractivity contribution >= 4 is 0 Å². The molecule has 0 saturated heterocycles. The zero-order valence-corrected chi connectivity index (χ0v) is 10.7. The van der Waals surface area contributed by atoms with Crippen molar-refractivity contribution in [2.45, 2.75) is 27.7 Å². The Hall–Kier alpha value is 0.584. The fourth-order valence-corrected chi connectivity index (χ4v) is 0.667. The molecule has 0 aliphatic carbocycles. The van der Waals surface area contributed by atoms with Crippen molar-refractivity contribution in [3.8, 4) is 0 Å². The molecule has 0 nitrogen and oxygen atoms in total. The van der Waals surface area contributed by atoms with Gasteiger partial charge in [0.1, 0.15) is 0 Å². The third-order valence-electron chi connectivity index (χ3n) is 1.58. The van der Waals surface area contributed by atoms with Crippen molar-refractivity contribution in [2.24, 2.45) is 11.8 Å². The summed E-state index contributed by atoms with van der Waals surface area (Å²) in [7, 11) is 0. The summed E-state index contributed by atoms with van der Waals surface area (Å²) in [6.45, 7) is 19.6. The van der Waals surface area contributed by atoms with Gasteiger partial charge < -0.3 is 24.3 Å². The van der Waals surface area contributed by atoms with Crippen LogP contribution in [0.5, 0.6) is 0 Å². The second-order valence-corrected chi connectivity index (χ2v) is 3.22. The molecule has 0 atom stereocenters. The summed E-state index contributed by atoms with van der Waals surface area (Å²) in [5.74, 6) is 0.727. The standard InChI is InChI=1S/C10H16.Y/c1-7(2)9(5)10(6)8(3)4;/h5-8H,1-4H3;/q-2;. The molecule has 0 bridgehead atoms. The first-order valence-corrected chi connectivity index (χ1v) is 3.71. The second kappa shape index (κ2) is 6.14. The summed E-state index contributed by atoms with van der Waals surface area (Å²) in [4.78, 5) is 0. The van der Waals surface area contributed by atoms with E-state index in [-0.39, 0.29) is 32.7 Å². The summed E-state index contributed by atoms with van der Waals surface area (Å²) in [6.07, 6.45) is 0. The second-order valence-electron chi connectivity index (χ2n) is 3.22. The van der Waals surface area contributed by atoms with Crippen LogP contribution in [0.1, 0.15) is 27.7 Å². The molecule has 1 heteroatoms. The fraction of sp³-hybridized carbons (Fsp3) is 0.600. The molecule has 0 aromatic heterocycles. The van der Waals surface area contributed by atoms with Crippen molar-refractivity contribution in [2.75, 3.05) is 0 Å². The maximum Gasteiger partial charge on any atom is 0 e. The van der Waals surface area contributed by atoms with E-state index in [0.29, 0.717) is 11.8 Å². The molecule has 0 fully saturated rings. The monoisotopic (exact) mass is 225 g/mol. The Morgan fingerprint density at radius 1 is 0.818 bits per heavy atom. The molecule has 0 rings (SSSR count). The van der Waals surface area contributed by atoms with Crippen LogP contribution in [0.4, 0.5) is 0 Å². The quantitative estimate of drug-likeness (QED) is 0.511. The Balaban J connectivity index is 0. The first kappa shape index (κ1) is 14.1. The van der Waals surface area contributed by atoms with Gasteiger partial charge in [0.15, 0.2) is 0 Å². The van der Waals surface area contributed by atoms with E-state index in [1.807, 2.05) is 27.7 Å². The molecule has 0 aromatic rings. The molecule has 0 spiro atoms. The topological polar surface area (TPSA) is 0 Å². The Morgan fingerprint density at radius 2 is 1.00 bits per heavy atom. The molecule has 0 unspecified atom stereocenters. The fourth-order valence-electron chi connectivity index (χ4n) is 0.667. The van der Waals surface area contributed by atoms with Crippen LogP contribution in [0.15, 0.2) is 11.1 Å². The minimum Gasteiger partial charge on any atom is -0.390 e. The Bertz CT molecular complexity index is 125. The molecule has 0 amide bonds. The van der Waals surface area contributed by atoms with Gasteiger partial charge in [-0.3, -0.25) is 0 Å². The number of rotatable bonds is 3. The number of allylic oxidation sites excluding steroid dienone is 2. The van der Waals surface area contributed by atoms with Crippen molar-refractivity contribution in [3.63, 3.8) is 0 Å². The van der Waals surface area contributed by atoms with Crippen LogP contribution >= 0.6 is 0 Å². The maximum atomic E-state index is 5.72. The minimum absolute atomic E-state index is 0. The van der Waals surface area contributed by atoms with E-state index in [1.165, 1.54) is 0 Å². The van der Waals surface area contributed by atoms with E-state index in [0.717, 1.165) is 11.1 Å². The third-order valence-corrected chi connectivity index (χ3v) is 1.58. The summed E-state index contributed by atoms with van der Waals surface area (Å²) < 4.78 is 0. The van der Waals surface area contributed by atoms with E-state index in [9.17, 15) is 0 Å². The zero-order valence-electron chi connectivity index (χ0n) is 7.89. The summed E-state index contributed by atoms with van der Waals surface area (Å²) in [6, 6.07) is 0. The molecule has 0 N–H and O–H groups in total. The van der Waals surface area contributed by atoms with Crippen molar-refractivity contribution in [3.05, 3.63) is 24.3 Å². The largest absolute Gasteiger partial charge is 0.390 e. The van der Waals surface area contributed by atoms with Gasteiger partial charge in [0.05, 0.1) is 0 Å². The molecular weight excluding hydrogens is 209 g/mol. The van der Waals surface area contributed by atoms with Gasteiger partial charge in [-0.05, 0) is 0 Å². The SMILES string of the molecule is [CH-]=C(C(=[CH-])C(C)C)C(C)C.[Y]. The molecule has 1 radical (unpaired) electrons. The number of hydrogen-bond acceptors (Lipinski definition) is 0. The smallest absolute Gasteiger partial charge is 0 e. The van der Waals surface area contributed by atoms with Gasteiger partial charge in [0.25, 0.3) is 0 Å². The maximum absolute atomic E-state index is 5.72. The normalized spacial score (nSPS) is 9.64. The Labute approximate surface area is 96.0 Å². The zero-order chi connectivity index (χ0) is 8.31. The van der Waals surface area contributed by atoms with Crippen LogP contribution in [-0.2, 0) is 32.7 Å². The van der Waals surface area contributed by atoms with E-state index < -0.39 is 0 Å². The van der Waals surface area contributed by atoms with Crippen LogP contribution in [0.3, 0.4) is 0 Å². The van der Waals surface area contributed by atoms with E-state index in [4.69, 9.17) is 13.2 Å². The third kappa shape index (κ3) is 4.92. The Morgan fingerprint density at radius 3 is 1.09 bits per heavy atom. The summed E-state index contributed by atoms with van der Waals surface area (Å²) in [5.41, 5.74) is 1.66. The minimum atomic E-state index is 0. The van der Waals surface area contributed by atoms with Crippen molar-refractivity contribution < 1.29 is 32.7 Å². The van der Waals surface area contributed by atoms with Crippen LogP contribution in [0.2, 0.25) is 0 Å². The molecule has 0 aromatic carbocycles. The van der Waals surface area contributed by atoms with Crippen LogP contribution < -0.4 is 0 Å². The molecular formula is C10H16Y-2. The van der Waals surface area contributed by atoms with E-state index in [1.54, 1.807) is 0 Å². The average molecular weight is 225 g/mol.